The Balaban J connectivity index is 1.74. The summed E-state index contributed by atoms with van der Waals surface area (Å²) in [6.45, 7) is 0.609. The Kier molecular flexibility index (Phi) is 3.75. The van der Waals surface area contributed by atoms with Crippen LogP contribution in [0.25, 0.3) is 11.3 Å². The van der Waals surface area contributed by atoms with Gasteiger partial charge in [-0.15, -0.1) is 5.10 Å². The summed E-state index contributed by atoms with van der Waals surface area (Å²) in [7, 11) is 0. The van der Waals surface area contributed by atoms with Crippen LogP contribution < -0.4 is 0 Å². The van der Waals surface area contributed by atoms with Gasteiger partial charge in [-0.25, -0.2) is 5.10 Å². The van der Waals surface area contributed by atoms with Crippen LogP contribution in [0.2, 0.25) is 0 Å². The number of aromatic amines is 1. The summed E-state index contributed by atoms with van der Waals surface area (Å²) in [5, 5.41) is 19.2. The van der Waals surface area contributed by atoms with E-state index in [0.717, 1.165) is 11.1 Å². The molecule has 0 atom stereocenters. The third-order valence-corrected chi connectivity index (χ3v) is 3.65. The lowest BCUT2D eigenvalue weighted by Crippen LogP contribution is -2.07. The highest BCUT2D eigenvalue weighted by Gasteiger charge is 2.15. The second-order valence-corrected chi connectivity index (χ2v) is 5.07. The van der Waals surface area contributed by atoms with E-state index in [0.29, 0.717) is 24.1 Å². The molecule has 1 aliphatic carbocycles. The summed E-state index contributed by atoms with van der Waals surface area (Å²) in [4.78, 5) is 0. The highest BCUT2D eigenvalue weighted by molar-refractivity contribution is 5.64. The minimum absolute atomic E-state index is 0.388. The van der Waals surface area contributed by atoms with E-state index in [9.17, 15) is 0 Å². The average molecular weight is 268 g/mol. The van der Waals surface area contributed by atoms with Gasteiger partial charge in [0.15, 0.2) is 5.69 Å². The second kappa shape index (κ2) is 5.85. The molecule has 0 amide bonds. The molecule has 5 nitrogen and oxygen atoms in total. The molecule has 1 N–H and O–H groups in total. The third kappa shape index (κ3) is 2.70. The van der Waals surface area contributed by atoms with E-state index in [2.05, 4.69) is 21.5 Å². The Bertz CT molecular complexity index is 623. The van der Waals surface area contributed by atoms with Crippen molar-refractivity contribution in [1.29, 1.82) is 5.26 Å². The van der Waals surface area contributed by atoms with Crippen LogP contribution in [0.15, 0.2) is 24.3 Å². The van der Waals surface area contributed by atoms with Gasteiger partial charge in [0.05, 0.1) is 12.7 Å². The number of nitrogens with zero attached hydrogens (tertiary/aromatic N) is 3. The van der Waals surface area contributed by atoms with Crippen LogP contribution in [0.1, 0.15) is 36.9 Å². The first-order valence-electron chi connectivity index (χ1n) is 6.89. The van der Waals surface area contributed by atoms with Crippen LogP contribution in [-0.2, 0) is 11.3 Å². The van der Waals surface area contributed by atoms with E-state index in [1.165, 1.54) is 25.7 Å². The van der Waals surface area contributed by atoms with Gasteiger partial charge in [0.2, 0.25) is 0 Å². The zero-order valence-corrected chi connectivity index (χ0v) is 11.2. The lowest BCUT2D eigenvalue weighted by Gasteiger charge is -2.11. The van der Waals surface area contributed by atoms with E-state index in [1.807, 2.05) is 24.3 Å². The van der Waals surface area contributed by atoms with Crippen molar-refractivity contribution in [2.24, 2.45) is 0 Å². The molecule has 1 aliphatic rings. The van der Waals surface area contributed by atoms with Gasteiger partial charge in [-0.2, -0.15) is 5.26 Å². The maximum absolute atomic E-state index is 9.00. The molecule has 1 saturated carbocycles. The highest BCUT2D eigenvalue weighted by Crippen LogP contribution is 2.24. The largest absolute Gasteiger partial charge is 0.374 e. The molecule has 3 rings (SSSR count). The van der Waals surface area contributed by atoms with E-state index in [4.69, 9.17) is 10.00 Å². The number of nitriles is 1. The van der Waals surface area contributed by atoms with Gasteiger partial charge in [0.1, 0.15) is 11.8 Å². The van der Waals surface area contributed by atoms with Gasteiger partial charge in [0.25, 0.3) is 0 Å². The van der Waals surface area contributed by atoms with Crippen molar-refractivity contribution in [3.8, 4) is 17.3 Å². The fourth-order valence-electron chi connectivity index (χ4n) is 2.59. The molecule has 2 aromatic rings. The quantitative estimate of drug-likeness (QED) is 0.925. The number of hydrogen-bond donors (Lipinski definition) is 1. The predicted octanol–water partition coefficient (Wildman–Crippen LogP) is 2.80. The predicted molar refractivity (Wildman–Crippen MR) is 73.6 cm³/mol. The molecular weight excluding hydrogens is 252 g/mol. The maximum Gasteiger partial charge on any atom is 0.163 e. The third-order valence-electron chi connectivity index (χ3n) is 3.65. The van der Waals surface area contributed by atoms with Crippen molar-refractivity contribution in [3.05, 3.63) is 35.5 Å². The number of hydrogen-bond acceptors (Lipinski definition) is 4. The Labute approximate surface area is 117 Å². The number of H-pyrrole nitrogens is 1. The second-order valence-electron chi connectivity index (χ2n) is 5.07. The molecule has 0 unspecified atom stereocenters. The Hall–Kier alpha value is -2.19. The first-order chi connectivity index (χ1) is 9.86. The molecular formula is C15H16N4O. The normalized spacial score (nSPS) is 15.3. The molecule has 0 bridgehead atoms. The van der Waals surface area contributed by atoms with Crippen LogP contribution in [0.3, 0.4) is 0 Å². The smallest absolute Gasteiger partial charge is 0.163 e. The van der Waals surface area contributed by atoms with Crippen molar-refractivity contribution in [3.63, 3.8) is 0 Å². The van der Waals surface area contributed by atoms with E-state index < -0.39 is 0 Å². The molecule has 5 heteroatoms. The van der Waals surface area contributed by atoms with E-state index in [-0.39, 0.29) is 0 Å². The lowest BCUT2D eigenvalue weighted by atomic mass is 10.1. The van der Waals surface area contributed by atoms with E-state index in [1.54, 1.807) is 0 Å². The van der Waals surface area contributed by atoms with Gasteiger partial charge in [-0.05, 0) is 24.5 Å². The maximum atomic E-state index is 9.00. The number of aromatic nitrogens is 3. The molecule has 1 fully saturated rings. The molecule has 102 valence electrons. The zero-order valence-electron chi connectivity index (χ0n) is 11.2. The zero-order chi connectivity index (χ0) is 13.8. The number of ether oxygens (including phenoxy) is 1. The minimum Gasteiger partial charge on any atom is -0.374 e. The molecule has 20 heavy (non-hydrogen) atoms. The Morgan fingerprint density at radius 1 is 1.35 bits per heavy atom. The fourth-order valence-corrected chi connectivity index (χ4v) is 2.59. The lowest BCUT2D eigenvalue weighted by molar-refractivity contribution is 0.0457. The monoisotopic (exact) mass is 268 g/mol. The first-order valence-corrected chi connectivity index (χ1v) is 6.89. The van der Waals surface area contributed by atoms with Crippen molar-refractivity contribution < 1.29 is 4.74 Å². The van der Waals surface area contributed by atoms with Crippen LogP contribution in [-0.4, -0.2) is 21.5 Å². The highest BCUT2D eigenvalue weighted by atomic mass is 16.5. The molecule has 0 aliphatic heterocycles. The molecule has 1 aromatic carbocycles. The summed E-state index contributed by atoms with van der Waals surface area (Å²) in [5.41, 5.74) is 2.97. The molecule has 1 aromatic heterocycles. The topological polar surface area (TPSA) is 74.6 Å². The molecule has 0 radical (unpaired) electrons. The Morgan fingerprint density at radius 3 is 3.00 bits per heavy atom. The summed E-state index contributed by atoms with van der Waals surface area (Å²) in [5.74, 6) is 0. The summed E-state index contributed by atoms with van der Waals surface area (Å²) >= 11 is 0. The van der Waals surface area contributed by atoms with Crippen molar-refractivity contribution in [1.82, 2.24) is 15.4 Å². The van der Waals surface area contributed by atoms with Crippen LogP contribution in [0.4, 0.5) is 0 Å². The fraction of sp³-hybridized carbons (Fsp3) is 0.400. The average Bonchev–Trinajstić information content (AvgIpc) is 3.16. The standard InChI is InChI=1S/C15H16N4O/c16-9-14-15(18-19-17-14)12-5-3-4-11(8-12)10-20-13-6-1-2-7-13/h3-5,8,13H,1-2,6-7,10H2,(H,17,18,19). The van der Waals surface area contributed by atoms with Crippen molar-refractivity contribution in [2.45, 2.75) is 38.4 Å². The van der Waals surface area contributed by atoms with Gasteiger partial charge in [-0.1, -0.05) is 36.3 Å². The first kappa shape index (κ1) is 12.8. The van der Waals surface area contributed by atoms with Crippen molar-refractivity contribution in [2.75, 3.05) is 0 Å². The number of nitrogens with one attached hydrogen (secondary N) is 1. The van der Waals surface area contributed by atoms with Gasteiger partial charge >= 0.3 is 0 Å². The van der Waals surface area contributed by atoms with Crippen LogP contribution in [0.5, 0.6) is 0 Å². The van der Waals surface area contributed by atoms with Gasteiger partial charge in [0, 0.05) is 5.56 Å². The summed E-state index contributed by atoms with van der Waals surface area (Å²) < 4.78 is 5.91. The van der Waals surface area contributed by atoms with E-state index >= 15 is 0 Å². The molecule has 1 heterocycles. The Morgan fingerprint density at radius 2 is 2.20 bits per heavy atom. The molecule has 0 spiro atoms. The van der Waals surface area contributed by atoms with Crippen LogP contribution >= 0.6 is 0 Å². The number of rotatable bonds is 4. The SMILES string of the molecule is N#Cc1[nH]nnc1-c1cccc(COC2CCCC2)c1. The number of benzene rings is 1. The molecule has 0 saturated heterocycles. The summed E-state index contributed by atoms with van der Waals surface area (Å²) in [6.07, 6.45) is 5.29. The van der Waals surface area contributed by atoms with Crippen molar-refractivity contribution >= 4 is 0 Å². The van der Waals surface area contributed by atoms with Gasteiger partial charge < -0.3 is 4.74 Å². The van der Waals surface area contributed by atoms with Crippen LogP contribution in [0, 0.1) is 11.3 Å². The minimum atomic E-state index is 0.388. The van der Waals surface area contributed by atoms with Gasteiger partial charge in [-0.3, -0.25) is 0 Å². The summed E-state index contributed by atoms with van der Waals surface area (Å²) in [6, 6.07) is 9.98.